The molecule has 0 saturated heterocycles. The molecule has 0 aliphatic heterocycles. The molecule has 0 unspecified atom stereocenters. The first-order chi connectivity index (χ1) is 11.9. The Kier molecular flexibility index (Phi) is 5.35. The summed E-state index contributed by atoms with van der Waals surface area (Å²) in [6, 6.07) is 14.2. The summed E-state index contributed by atoms with van der Waals surface area (Å²) in [5.41, 5.74) is 2.69. The van der Waals surface area contributed by atoms with Crippen molar-refractivity contribution < 1.29 is 17.7 Å². The lowest BCUT2D eigenvalue weighted by Crippen LogP contribution is -2.01. The van der Waals surface area contributed by atoms with Crippen molar-refractivity contribution >= 4 is 43.0 Å². The van der Waals surface area contributed by atoms with Gasteiger partial charge in [-0.1, -0.05) is 63.2 Å². The highest BCUT2D eigenvalue weighted by Crippen LogP contribution is 2.37. The minimum absolute atomic E-state index is 0.158. The van der Waals surface area contributed by atoms with Crippen molar-refractivity contribution in [3.63, 3.8) is 0 Å². The highest BCUT2D eigenvalue weighted by molar-refractivity contribution is 7.85. The van der Waals surface area contributed by atoms with Crippen LogP contribution >= 0.6 is 32.9 Å². The van der Waals surface area contributed by atoms with Gasteiger partial charge in [-0.15, -0.1) is 0 Å². The molecule has 3 aromatic rings. The molecule has 0 atom stereocenters. The standard InChI is InChI=1S/C17H14O4S4/c1-21-15-8-7-13(25(18,19)20)9-12(15)10-14-16(23-24-17(14)22)11-5-3-2-4-6-11/h2-9H,10H2,1H3,(H,18,19,20). The van der Waals surface area contributed by atoms with Crippen LogP contribution < -0.4 is 4.74 Å². The summed E-state index contributed by atoms with van der Waals surface area (Å²) in [5, 5.41) is 0. The van der Waals surface area contributed by atoms with Crippen molar-refractivity contribution in [2.24, 2.45) is 0 Å². The topological polar surface area (TPSA) is 63.6 Å². The molecule has 2 aromatic carbocycles. The Labute approximate surface area is 158 Å². The molecule has 0 aliphatic rings. The summed E-state index contributed by atoms with van der Waals surface area (Å²) in [4.78, 5) is 0.907. The summed E-state index contributed by atoms with van der Waals surface area (Å²) in [6.45, 7) is 0. The fraction of sp³-hybridized carbons (Fsp3) is 0.118. The van der Waals surface area contributed by atoms with Gasteiger partial charge in [0.1, 0.15) is 9.57 Å². The van der Waals surface area contributed by atoms with Gasteiger partial charge in [0.25, 0.3) is 10.1 Å². The lowest BCUT2D eigenvalue weighted by atomic mass is 10.0. The Balaban J connectivity index is 2.10. The van der Waals surface area contributed by atoms with E-state index in [2.05, 4.69) is 0 Å². The van der Waals surface area contributed by atoms with Gasteiger partial charge in [0.15, 0.2) is 0 Å². The van der Waals surface area contributed by atoms with Gasteiger partial charge in [0.05, 0.1) is 16.9 Å². The number of hydrogen-bond acceptors (Lipinski definition) is 6. The van der Waals surface area contributed by atoms with E-state index in [0.717, 1.165) is 19.8 Å². The van der Waals surface area contributed by atoms with Gasteiger partial charge in [0.2, 0.25) is 0 Å². The van der Waals surface area contributed by atoms with Gasteiger partial charge in [0, 0.05) is 12.0 Å². The molecule has 4 nitrogen and oxygen atoms in total. The molecule has 0 bridgehead atoms. The van der Waals surface area contributed by atoms with Crippen LogP contribution in [0.1, 0.15) is 11.1 Å². The van der Waals surface area contributed by atoms with Crippen molar-refractivity contribution in [3.8, 4) is 16.2 Å². The van der Waals surface area contributed by atoms with Gasteiger partial charge >= 0.3 is 0 Å². The number of hydrogen-bond donors (Lipinski definition) is 1. The minimum Gasteiger partial charge on any atom is -0.496 e. The van der Waals surface area contributed by atoms with Gasteiger partial charge in [-0.05, 0) is 29.3 Å². The summed E-state index contributed by atoms with van der Waals surface area (Å²) < 4.78 is 38.3. The molecule has 1 N–H and O–H groups in total. The zero-order valence-corrected chi connectivity index (χ0v) is 16.4. The molecule has 1 heterocycles. The molecule has 0 radical (unpaired) electrons. The maximum Gasteiger partial charge on any atom is 0.294 e. The van der Waals surface area contributed by atoms with Gasteiger partial charge in [-0.3, -0.25) is 4.55 Å². The second kappa shape index (κ2) is 7.35. The van der Waals surface area contributed by atoms with Gasteiger partial charge in [-0.25, -0.2) is 0 Å². The van der Waals surface area contributed by atoms with E-state index >= 15 is 0 Å². The number of methoxy groups -OCH3 is 1. The molecule has 8 heteroatoms. The summed E-state index contributed by atoms with van der Waals surface area (Å²) in [6.07, 6.45) is 0.426. The molecule has 0 fully saturated rings. The van der Waals surface area contributed by atoms with Crippen molar-refractivity contribution in [1.82, 2.24) is 0 Å². The lowest BCUT2D eigenvalue weighted by Gasteiger charge is -2.10. The fourth-order valence-electron chi connectivity index (χ4n) is 2.48. The molecule has 130 valence electrons. The molecule has 3 rings (SSSR count). The first kappa shape index (κ1) is 18.2. The van der Waals surface area contributed by atoms with E-state index in [-0.39, 0.29) is 4.90 Å². The van der Waals surface area contributed by atoms with Crippen molar-refractivity contribution in [2.45, 2.75) is 11.3 Å². The second-order valence-electron chi connectivity index (χ2n) is 5.25. The smallest absolute Gasteiger partial charge is 0.294 e. The summed E-state index contributed by atoms with van der Waals surface area (Å²) >= 11 is 5.48. The predicted molar refractivity (Wildman–Crippen MR) is 104 cm³/mol. The van der Waals surface area contributed by atoms with Crippen LogP contribution in [-0.2, 0) is 16.5 Å². The largest absolute Gasteiger partial charge is 0.496 e. The van der Waals surface area contributed by atoms with Gasteiger partial charge in [-0.2, -0.15) is 8.42 Å². The number of rotatable bonds is 5. The Bertz CT molecular complexity index is 1050. The van der Waals surface area contributed by atoms with Crippen LogP contribution in [0, 0.1) is 3.82 Å². The molecule has 1 aromatic heterocycles. The van der Waals surface area contributed by atoms with Crippen LogP contribution in [-0.4, -0.2) is 20.1 Å². The number of benzene rings is 2. The first-order valence-electron chi connectivity index (χ1n) is 7.22. The highest BCUT2D eigenvalue weighted by atomic mass is 32.9. The van der Waals surface area contributed by atoms with E-state index in [0.29, 0.717) is 17.7 Å². The second-order valence-corrected chi connectivity index (χ2v) is 9.49. The average molecular weight is 411 g/mol. The molecule has 0 saturated carbocycles. The Hall–Kier alpha value is -1.58. The quantitative estimate of drug-likeness (QED) is 0.362. The molecule has 25 heavy (non-hydrogen) atoms. The van der Waals surface area contributed by atoms with Crippen molar-refractivity contribution in [1.29, 1.82) is 0 Å². The number of ether oxygens (including phenoxy) is 1. The predicted octanol–water partition coefficient (Wildman–Crippen LogP) is 5.05. The van der Waals surface area contributed by atoms with Crippen LogP contribution in [0.2, 0.25) is 0 Å². The zero-order valence-electron chi connectivity index (χ0n) is 13.1. The van der Waals surface area contributed by atoms with Crippen LogP contribution in [0.25, 0.3) is 10.4 Å². The van der Waals surface area contributed by atoms with Crippen molar-refractivity contribution in [2.75, 3.05) is 7.11 Å². The van der Waals surface area contributed by atoms with Crippen molar-refractivity contribution in [3.05, 3.63) is 63.5 Å². The average Bonchev–Trinajstić information content (AvgIpc) is 2.95. The monoisotopic (exact) mass is 410 g/mol. The van der Waals surface area contributed by atoms with E-state index in [1.807, 2.05) is 30.3 Å². The Morgan fingerprint density at radius 1 is 1.12 bits per heavy atom. The summed E-state index contributed by atoms with van der Waals surface area (Å²) in [7, 11) is 0.362. The van der Waals surface area contributed by atoms with Crippen LogP contribution in [0.5, 0.6) is 5.75 Å². The molecular weight excluding hydrogens is 396 g/mol. The van der Waals surface area contributed by atoms with E-state index in [4.69, 9.17) is 17.0 Å². The zero-order chi connectivity index (χ0) is 18.0. The van der Waals surface area contributed by atoms with E-state index in [9.17, 15) is 13.0 Å². The first-order valence-corrected chi connectivity index (χ1v) is 11.2. The Morgan fingerprint density at radius 2 is 1.84 bits per heavy atom. The van der Waals surface area contributed by atoms with E-state index in [1.165, 1.54) is 29.6 Å². The molecular formula is C17H14O4S4. The van der Waals surface area contributed by atoms with E-state index in [1.54, 1.807) is 16.4 Å². The van der Waals surface area contributed by atoms with Crippen LogP contribution in [0.15, 0.2) is 53.4 Å². The molecule has 0 amide bonds. The molecule has 0 spiro atoms. The minimum atomic E-state index is -4.28. The van der Waals surface area contributed by atoms with Gasteiger partial charge < -0.3 is 4.74 Å². The third-order valence-corrected chi connectivity index (χ3v) is 7.72. The van der Waals surface area contributed by atoms with E-state index < -0.39 is 10.1 Å². The highest BCUT2D eigenvalue weighted by Gasteiger charge is 2.17. The molecule has 0 aliphatic carbocycles. The maximum absolute atomic E-state index is 11.4. The fourth-order valence-corrected chi connectivity index (χ4v) is 5.93. The third-order valence-electron chi connectivity index (χ3n) is 3.67. The SMILES string of the molecule is COc1ccc(S(=O)(=O)O)cc1Cc1c(-c2ccccc2)ssc1=S. The van der Waals surface area contributed by atoms with Crippen LogP contribution in [0.3, 0.4) is 0 Å². The lowest BCUT2D eigenvalue weighted by molar-refractivity contribution is 0.410. The maximum atomic E-state index is 11.4. The third kappa shape index (κ3) is 3.99. The normalized spacial score (nSPS) is 11.4. The Morgan fingerprint density at radius 3 is 2.48 bits per heavy atom. The van der Waals surface area contributed by atoms with Crippen LogP contribution in [0.4, 0.5) is 0 Å². The summed E-state index contributed by atoms with van der Waals surface area (Å²) in [5.74, 6) is 0.553.